The summed E-state index contributed by atoms with van der Waals surface area (Å²) in [5.74, 6) is 2.45. The van der Waals surface area contributed by atoms with Gasteiger partial charge in [-0.2, -0.15) is 0 Å². The van der Waals surface area contributed by atoms with Crippen molar-refractivity contribution in [3.8, 4) is 0 Å². The summed E-state index contributed by atoms with van der Waals surface area (Å²) in [7, 11) is 0. The van der Waals surface area contributed by atoms with Gasteiger partial charge in [-0.15, -0.1) is 0 Å². The van der Waals surface area contributed by atoms with Crippen LogP contribution in [0.25, 0.3) is 0 Å². The van der Waals surface area contributed by atoms with Crippen molar-refractivity contribution in [3.63, 3.8) is 0 Å². The Morgan fingerprint density at radius 2 is 2.07 bits per heavy atom. The molecule has 2 unspecified atom stereocenters. The molecule has 14 heavy (non-hydrogen) atoms. The fraction of sp³-hybridized carbons (Fsp3) is 0.429. The SMILES string of the molecule is Cc1cccc2c1[C@H]1C=CC3[C@@H]2C31C. The summed E-state index contributed by atoms with van der Waals surface area (Å²) < 4.78 is 0. The first kappa shape index (κ1) is 7.28. The van der Waals surface area contributed by atoms with Crippen LogP contribution in [0.2, 0.25) is 0 Å². The number of aryl methyl sites for hydroxylation is 1. The van der Waals surface area contributed by atoms with E-state index in [4.69, 9.17) is 0 Å². The molecule has 0 spiro atoms. The zero-order chi connectivity index (χ0) is 9.50. The average molecular weight is 182 g/mol. The van der Waals surface area contributed by atoms with Gasteiger partial charge in [-0.25, -0.2) is 0 Å². The molecule has 70 valence electrons. The number of hydrogen-bond acceptors (Lipinski definition) is 0. The minimum Gasteiger partial charge on any atom is -0.0836 e. The monoisotopic (exact) mass is 182 g/mol. The summed E-state index contributed by atoms with van der Waals surface area (Å²) in [5.41, 5.74) is 5.36. The third-order valence-corrected chi connectivity index (χ3v) is 4.82. The standard InChI is InChI=1S/C14H14/c1-8-4-3-5-9-12(8)10-6-7-11-13(9)14(10,11)2/h3-7,10-11,13H,1-2H3/t10-,11?,13-,14?/m1/s1. The fourth-order valence-corrected chi connectivity index (χ4v) is 4.06. The van der Waals surface area contributed by atoms with Crippen LogP contribution < -0.4 is 0 Å². The predicted molar refractivity (Wildman–Crippen MR) is 57.4 cm³/mol. The molecule has 0 radical (unpaired) electrons. The fourth-order valence-electron chi connectivity index (χ4n) is 4.06. The predicted octanol–water partition coefficient (Wildman–Crippen LogP) is 3.38. The molecule has 0 amide bonds. The highest BCUT2D eigenvalue weighted by Crippen LogP contribution is 2.80. The van der Waals surface area contributed by atoms with Crippen LogP contribution in [0.5, 0.6) is 0 Å². The van der Waals surface area contributed by atoms with E-state index in [2.05, 4.69) is 44.2 Å². The molecule has 1 aromatic carbocycles. The Morgan fingerprint density at radius 3 is 2.93 bits per heavy atom. The van der Waals surface area contributed by atoms with Crippen LogP contribution in [0.4, 0.5) is 0 Å². The normalized spacial score (nSPS) is 45.1. The Labute approximate surface area is 84.6 Å². The summed E-state index contributed by atoms with van der Waals surface area (Å²) in [6.07, 6.45) is 4.90. The first-order valence-electron chi connectivity index (χ1n) is 5.52. The second-order valence-corrected chi connectivity index (χ2v) is 5.31. The van der Waals surface area contributed by atoms with E-state index in [-0.39, 0.29) is 0 Å². The van der Waals surface area contributed by atoms with Crippen molar-refractivity contribution in [2.24, 2.45) is 11.3 Å². The highest BCUT2D eigenvalue weighted by atomic mass is 14.7. The lowest BCUT2D eigenvalue weighted by atomic mass is 9.88. The molecule has 1 aromatic rings. The van der Waals surface area contributed by atoms with Gasteiger partial charge in [0.25, 0.3) is 0 Å². The maximum absolute atomic E-state index is 2.46. The molecule has 0 heteroatoms. The van der Waals surface area contributed by atoms with Crippen LogP contribution in [0, 0.1) is 18.3 Å². The van der Waals surface area contributed by atoms with E-state index in [1.807, 2.05) is 0 Å². The lowest BCUT2D eigenvalue weighted by Gasteiger charge is -2.16. The molecule has 0 heterocycles. The van der Waals surface area contributed by atoms with Crippen molar-refractivity contribution in [2.45, 2.75) is 25.7 Å². The zero-order valence-electron chi connectivity index (χ0n) is 8.62. The Hall–Kier alpha value is -1.04. The molecule has 0 saturated heterocycles. The summed E-state index contributed by atoms with van der Waals surface area (Å²) in [4.78, 5) is 0. The van der Waals surface area contributed by atoms with Crippen LogP contribution in [-0.4, -0.2) is 0 Å². The summed E-state index contributed by atoms with van der Waals surface area (Å²) >= 11 is 0. The first-order valence-corrected chi connectivity index (χ1v) is 5.52. The number of rotatable bonds is 0. The molecule has 1 fully saturated rings. The van der Waals surface area contributed by atoms with Gasteiger partial charge in [0.2, 0.25) is 0 Å². The Morgan fingerprint density at radius 1 is 1.21 bits per heavy atom. The van der Waals surface area contributed by atoms with Crippen molar-refractivity contribution >= 4 is 0 Å². The van der Waals surface area contributed by atoms with Crippen molar-refractivity contribution < 1.29 is 0 Å². The highest BCUT2D eigenvalue weighted by molar-refractivity contribution is 5.59. The van der Waals surface area contributed by atoms with Gasteiger partial charge in [0, 0.05) is 5.92 Å². The van der Waals surface area contributed by atoms with Crippen LogP contribution >= 0.6 is 0 Å². The summed E-state index contributed by atoms with van der Waals surface area (Å²) in [6.45, 7) is 4.72. The highest BCUT2D eigenvalue weighted by Gasteiger charge is 2.71. The summed E-state index contributed by atoms with van der Waals surface area (Å²) in [5, 5.41) is 0. The number of fused-ring (bicyclic) bond motifs is 4. The van der Waals surface area contributed by atoms with Crippen LogP contribution in [-0.2, 0) is 0 Å². The lowest BCUT2D eigenvalue weighted by molar-refractivity contribution is 0.513. The summed E-state index contributed by atoms with van der Waals surface area (Å²) in [6, 6.07) is 6.82. The molecule has 4 rings (SSSR count). The number of allylic oxidation sites excluding steroid dienone is 2. The third kappa shape index (κ3) is 0.515. The lowest BCUT2D eigenvalue weighted by Crippen LogP contribution is -2.04. The van der Waals surface area contributed by atoms with Crippen molar-refractivity contribution in [2.75, 3.05) is 0 Å². The molecule has 3 aliphatic carbocycles. The van der Waals surface area contributed by atoms with Crippen molar-refractivity contribution in [1.82, 2.24) is 0 Å². The van der Waals surface area contributed by atoms with Gasteiger partial charge in [-0.05, 0) is 40.9 Å². The Bertz CT molecular complexity index is 469. The van der Waals surface area contributed by atoms with Gasteiger partial charge in [-0.3, -0.25) is 0 Å². The van der Waals surface area contributed by atoms with Gasteiger partial charge in [-0.1, -0.05) is 37.3 Å². The van der Waals surface area contributed by atoms with Gasteiger partial charge < -0.3 is 0 Å². The second-order valence-electron chi connectivity index (χ2n) is 5.31. The van der Waals surface area contributed by atoms with Crippen LogP contribution in [0.1, 0.15) is 35.4 Å². The first-order chi connectivity index (χ1) is 6.74. The van der Waals surface area contributed by atoms with Crippen molar-refractivity contribution in [1.29, 1.82) is 0 Å². The molecule has 3 aliphatic rings. The molecule has 4 atom stereocenters. The third-order valence-electron chi connectivity index (χ3n) is 4.82. The van der Waals surface area contributed by atoms with Crippen molar-refractivity contribution in [3.05, 3.63) is 47.0 Å². The van der Waals surface area contributed by atoms with Gasteiger partial charge in [0.15, 0.2) is 0 Å². The second kappa shape index (κ2) is 1.84. The number of hydrogen-bond donors (Lipinski definition) is 0. The van der Waals surface area contributed by atoms with Gasteiger partial charge in [0.1, 0.15) is 0 Å². The maximum atomic E-state index is 2.46. The van der Waals surface area contributed by atoms with Crippen LogP contribution in [0.3, 0.4) is 0 Å². The Kier molecular flexibility index (Phi) is 0.955. The molecule has 0 N–H and O–H groups in total. The molecule has 0 aliphatic heterocycles. The minimum atomic E-state index is 0.578. The van der Waals surface area contributed by atoms with Gasteiger partial charge >= 0.3 is 0 Å². The minimum absolute atomic E-state index is 0.578. The van der Waals surface area contributed by atoms with E-state index in [1.165, 1.54) is 5.56 Å². The molecule has 0 bridgehead atoms. The zero-order valence-corrected chi connectivity index (χ0v) is 8.62. The molecular formula is C14H14. The van der Waals surface area contributed by atoms with Crippen LogP contribution in [0.15, 0.2) is 30.4 Å². The smallest absolute Gasteiger partial charge is 0.00893 e. The maximum Gasteiger partial charge on any atom is 0.00893 e. The Balaban J connectivity index is 2.06. The van der Waals surface area contributed by atoms with E-state index in [0.29, 0.717) is 5.41 Å². The van der Waals surface area contributed by atoms with E-state index in [0.717, 1.165) is 17.8 Å². The topological polar surface area (TPSA) is 0 Å². The van der Waals surface area contributed by atoms with E-state index >= 15 is 0 Å². The molecular weight excluding hydrogens is 168 g/mol. The average Bonchev–Trinajstić information content (AvgIpc) is 2.58. The quantitative estimate of drug-likeness (QED) is 0.539. The number of benzene rings is 1. The van der Waals surface area contributed by atoms with E-state index in [9.17, 15) is 0 Å². The van der Waals surface area contributed by atoms with E-state index < -0.39 is 0 Å². The molecule has 1 saturated carbocycles. The molecule has 0 nitrogen and oxygen atoms in total. The van der Waals surface area contributed by atoms with E-state index in [1.54, 1.807) is 11.1 Å². The molecule has 0 aromatic heterocycles. The van der Waals surface area contributed by atoms with Gasteiger partial charge in [0.05, 0.1) is 0 Å². The largest absolute Gasteiger partial charge is 0.0836 e.